The van der Waals surface area contributed by atoms with Gasteiger partial charge in [-0.2, -0.15) is 0 Å². The Kier molecular flexibility index (Phi) is 3.82. The molecule has 9 heavy (non-hydrogen) atoms. The van der Waals surface area contributed by atoms with E-state index in [-0.39, 0.29) is 5.54 Å². The van der Waals surface area contributed by atoms with Crippen molar-refractivity contribution >= 4 is 0 Å². The smallest absolute Gasteiger partial charge is 0.0640 e. The number of hydrogen-bond acceptors (Lipinski definition) is 2. The molecule has 2 N–H and O–H groups in total. The first-order chi connectivity index (χ1) is 4.06. The third kappa shape index (κ3) is 7.92. The quantitative estimate of drug-likeness (QED) is 0.581. The summed E-state index contributed by atoms with van der Waals surface area (Å²) >= 11 is 0. The van der Waals surface area contributed by atoms with Gasteiger partial charge in [0.1, 0.15) is 0 Å². The first kappa shape index (κ1) is 8.92. The highest BCUT2D eigenvalue weighted by Crippen LogP contribution is 1.96. The summed E-state index contributed by atoms with van der Waals surface area (Å²) in [5.74, 6) is 0. The van der Waals surface area contributed by atoms with Crippen LogP contribution in [0.3, 0.4) is 0 Å². The number of rotatable bonds is 4. The second kappa shape index (κ2) is 3.85. The Morgan fingerprint density at radius 3 is 2.33 bits per heavy atom. The van der Waals surface area contributed by atoms with Crippen LogP contribution in [-0.4, -0.2) is 18.8 Å². The molecular weight excluding hydrogens is 114 g/mol. The number of nitrogens with two attached hydrogens (primary N) is 1. The van der Waals surface area contributed by atoms with Gasteiger partial charge in [-0.1, -0.05) is 6.92 Å². The molecule has 0 atom stereocenters. The molecule has 0 aliphatic rings. The minimum absolute atomic E-state index is 0.171. The lowest BCUT2D eigenvalue weighted by Gasteiger charge is -2.17. The van der Waals surface area contributed by atoms with E-state index >= 15 is 0 Å². The zero-order valence-corrected chi connectivity index (χ0v) is 6.61. The molecule has 0 aromatic rings. The number of ether oxygens (including phenoxy) is 1. The van der Waals surface area contributed by atoms with Crippen LogP contribution in [0.15, 0.2) is 0 Å². The fourth-order valence-corrected chi connectivity index (χ4v) is 0.480. The maximum Gasteiger partial charge on any atom is 0.0640 e. The van der Waals surface area contributed by atoms with Crippen LogP contribution >= 0.6 is 0 Å². The van der Waals surface area contributed by atoms with E-state index in [0.717, 1.165) is 13.0 Å². The van der Waals surface area contributed by atoms with Crippen LogP contribution in [0.1, 0.15) is 27.2 Å². The van der Waals surface area contributed by atoms with Crippen molar-refractivity contribution in [3.63, 3.8) is 0 Å². The first-order valence-electron chi connectivity index (χ1n) is 3.43. The fourth-order valence-electron chi connectivity index (χ4n) is 0.480. The Morgan fingerprint density at radius 2 is 2.00 bits per heavy atom. The molecule has 0 fully saturated rings. The summed E-state index contributed by atoms with van der Waals surface area (Å²) in [4.78, 5) is 0. The van der Waals surface area contributed by atoms with Crippen LogP contribution in [0, 0.1) is 0 Å². The average molecular weight is 131 g/mol. The van der Waals surface area contributed by atoms with Crippen molar-refractivity contribution in [1.29, 1.82) is 0 Å². The van der Waals surface area contributed by atoms with Gasteiger partial charge in [0.25, 0.3) is 0 Å². The Balaban J connectivity index is 3.07. The molecule has 0 bridgehead atoms. The average Bonchev–Trinajstić information content (AvgIpc) is 1.63. The molecule has 56 valence electrons. The van der Waals surface area contributed by atoms with Crippen LogP contribution in [0.2, 0.25) is 0 Å². The summed E-state index contributed by atoms with van der Waals surface area (Å²) in [5, 5.41) is 0. The lowest BCUT2D eigenvalue weighted by atomic mass is 10.1. The monoisotopic (exact) mass is 131 g/mol. The molecule has 0 radical (unpaired) electrons. The maximum absolute atomic E-state index is 5.65. The van der Waals surface area contributed by atoms with E-state index < -0.39 is 0 Å². The van der Waals surface area contributed by atoms with Gasteiger partial charge < -0.3 is 10.5 Å². The van der Waals surface area contributed by atoms with E-state index in [0.29, 0.717) is 6.61 Å². The van der Waals surface area contributed by atoms with Crippen molar-refractivity contribution in [3.8, 4) is 0 Å². The first-order valence-corrected chi connectivity index (χ1v) is 3.43. The van der Waals surface area contributed by atoms with E-state index in [9.17, 15) is 0 Å². The predicted molar refractivity (Wildman–Crippen MR) is 39.4 cm³/mol. The minimum atomic E-state index is -0.171. The zero-order valence-electron chi connectivity index (χ0n) is 6.61. The maximum atomic E-state index is 5.65. The van der Waals surface area contributed by atoms with Gasteiger partial charge in [-0.25, -0.2) is 0 Å². The van der Waals surface area contributed by atoms with Crippen LogP contribution in [-0.2, 0) is 4.74 Å². The fraction of sp³-hybridized carbons (Fsp3) is 1.00. The summed E-state index contributed by atoms with van der Waals surface area (Å²) in [6.07, 6.45) is 1.07. The summed E-state index contributed by atoms with van der Waals surface area (Å²) in [6.45, 7) is 7.48. The molecule has 0 saturated carbocycles. The Hall–Kier alpha value is -0.0800. The van der Waals surface area contributed by atoms with E-state index in [1.54, 1.807) is 0 Å². The molecule has 0 amide bonds. The van der Waals surface area contributed by atoms with Crippen molar-refractivity contribution in [2.45, 2.75) is 32.7 Å². The van der Waals surface area contributed by atoms with Crippen molar-refractivity contribution < 1.29 is 4.74 Å². The highest BCUT2D eigenvalue weighted by atomic mass is 16.5. The predicted octanol–water partition coefficient (Wildman–Crippen LogP) is 1.15. The molecule has 0 aliphatic carbocycles. The van der Waals surface area contributed by atoms with Crippen LogP contribution < -0.4 is 5.73 Å². The lowest BCUT2D eigenvalue weighted by molar-refractivity contribution is 0.0978. The van der Waals surface area contributed by atoms with Crippen molar-refractivity contribution in [2.24, 2.45) is 5.73 Å². The molecule has 0 aliphatic heterocycles. The van der Waals surface area contributed by atoms with Gasteiger partial charge in [-0.15, -0.1) is 0 Å². The molecule has 2 nitrogen and oxygen atoms in total. The molecule has 0 aromatic heterocycles. The highest BCUT2D eigenvalue weighted by Gasteiger charge is 2.08. The third-order valence-corrected chi connectivity index (χ3v) is 0.823. The van der Waals surface area contributed by atoms with Gasteiger partial charge in [0.15, 0.2) is 0 Å². The van der Waals surface area contributed by atoms with Crippen LogP contribution in [0.4, 0.5) is 0 Å². The second-order valence-electron chi connectivity index (χ2n) is 3.04. The zero-order chi connectivity index (χ0) is 7.33. The van der Waals surface area contributed by atoms with Crippen molar-refractivity contribution in [3.05, 3.63) is 0 Å². The Labute approximate surface area is 57.4 Å². The molecule has 0 aromatic carbocycles. The second-order valence-corrected chi connectivity index (χ2v) is 3.04. The minimum Gasteiger partial charge on any atom is -0.380 e. The van der Waals surface area contributed by atoms with Gasteiger partial charge in [0.2, 0.25) is 0 Å². The molecule has 0 rings (SSSR count). The van der Waals surface area contributed by atoms with Crippen LogP contribution in [0.5, 0.6) is 0 Å². The number of hydrogen-bond donors (Lipinski definition) is 1. The van der Waals surface area contributed by atoms with Crippen LogP contribution in [0.25, 0.3) is 0 Å². The molecule has 2 heteroatoms. The van der Waals surface area contributed by atoms with E-state index in [4.69, 9.17) is 10.5 Å². The standard InChI is InChI=1S/C7H17NO/c1-4-5-9-6-7(2,3)8/h4-6,8H2,1-3H3. The van der Waals surface area contributed by atoms with Gasteiger partial charge >= 0.3 is 0 Å². The van der Waals surface area contributed by atoms with E-state index in [2.05, 4.69) is 6.92 Å². The molecule has 0 spiro atoms. The van der Waals surface area contributed by atoms with Gasteiger partial charge in [0.05, 0.1) is 6.61 Å². The van der Waals surface area contributed by atoms with Gasteiger partial charge in [-0.05, 0) is 20.3 Å². The third-order valence-electron chi connectivity index (χ3n) is 0.823. The van der Waals surface area contributed by atoms with E-state index in [1.165, 1.54) is 0 Å². The highest BCUT2D eigenvalue weighted by molar-refractivity contribution is 4.69. The molecular formula is C7H17NO. The molecule has 0 saturated heterocycles. The normalized spacial score (nSPS) is 12.0. The molecule has 0 unspecified atom stereocenters. The summed E-state index contributed by atoms with van der Waals surface area (Å²) in [5.41, 5.74) is 5.48. The van der Waals surface area contributed by atoms with Crippen molar-refractivity contribution in [1.82, 2.24) is 0 Å². The summed E-state index contributed by atoms with van der Waals surface area (Å²) in [7, 11) is 0. The van der Waals surface area contributed by atoms with E-state index in [1.807, 2.05) is 13.8 Å². The van der Waals surface area contributed by atoms with Gasteiger partial charge in [-0.3, -0.25) is 0 Å². The Bertz CT molecular complexity index is 65.8. The largest absolute Gasteiger partial charge is 0.380 e. The Morgan fingerprint density at radius 1 is 1.44 bits per heavy atom. The van der Waals surface area contributed by atoms with Gasteiger partial charge in [0, 0.05) is 12.1 Å². The molecule has 0 heterocycles. The summed E-state index contributed by atoms with van der Waals surface area (Å²) in [6, 6.07) is 0. The summed E-state index contributed by atoms with van der Waals surface area (Å²) < 4.78 is 5.22. The van der Waals surface area contributed by atoms with Crippen molar-refractivity contribution in [2.75, 3.05) is 13.2 Å². The lowest BCUT2D eigenvalue weighted by Crippen LogP contribution is -2.37. The SMILES string of the molecule is CCCOCC(C)(C)N. The topological polar surface area (TPSA) is 35.2 Å².